The fourth-order valence-electron chi connectivity index (χ4n) is 1.75. The molecule has 0 aliphatic rings. The molecular weight excluding hydrogens is 328 g/mol. The topological polar surface area (TPSA) is 63.8 Å². The Bertz CT molecular complexity index is 589. The van der Waals surface area contributed by atoms with Gasteiger partial charge in [-0.15, -0.1) is 0 Å². The van der Waals surface area contributed by atoms with Gasteiger partial charge in [0.2, 0.25) is 0 Å². The highest BCUT2D eigenvalue weighted by Crippen LogP contribution is 2.29. The Morgan fingerprint density at radius 1 is 1.32 bits per heavy atom. The first-order chi connectivity index (χ1) is 9.13. The molecule has 0 fully saturated rings. The largest absolute Gasteiger partial charge is 0.308 e. The van der Waals surface area contributed by atoms with Crippen LogP contribution in [0.15, 0.2) is 28.7 Å². The summed E-state index contributed by atoms with van der Waals surface area (Å²) in [6.07, 6.45) is 1.88. The van der Waals surface area contributed by atoms with Crippen LogP contribution in [0.3, 0.4) is 0 Å². The van der Waals surface area contributed by atoms with Crippen molar-refractivity contribution >= 4 is 33.3 Å². The minimum Gasteiger partial charge on any atom is -0.308 e. The number of benzene rings is 1. The highest BCUT2D eigenvalue weighted by atomic mass is 79.9. The van der Waals surface area contributed by atoms with E-state index in [2.05, 4.69) is 38.2 Å². The van der Waals surface area contributed by atoms with Crippen molar-refractivity contribution in [2.75, 3.05) is 5.43 Å². The van der Waals surface area contributed by atoms with E-state index in [9.17, 15) is 0 Å². The lowest BCUT2D eigenvalue weighted by atomic mass is 10.2. The predicted molar refractivity (Wildman–Crippen MR) is 82.0 cm³/mol. The Hall–Kier alpha value is -1.17. The van der Waals surface area contributed by atoms with E-state index in [0.717, 1.165) is 28.6 Å². The van der Waals surface area contributed by atoms with Gasteiger partial charge in [0.15, 0.2) is 5.82 Å². The van der Waals surface area contributed by atoms with Crippen molar-refractivity contribution in [2.24, 2.45) is 5.84 Å². The summed E-state index contributed by atoms with van der Waals surface area (Å²) >= 11 is 9.61. The van der Waals surface area contributed by atoms with Crippen LogP contribution in [0, 0.1) is 0 Å². The zero-order valence-electron chi connectivity index (χ0n) is 10.5. The highest BCUT2D eigenvalue weighted by molar-refractivity contribution is 9.10. The molecule has 0 atom stereocenters. The van der Waals surface area contributed by atoms with Crippen molar-refractivity contribution in [3.63, 3.8) is 0 Å². The van der Waals surface area contributed by atoms with E-state index in [1.165, 1.54) is 0 Å². The molecule has 0 radical (unpaired) electrons. The molecule has 4 nitrogen and oxygen atoms in total. The molecule has 1 heterocycles. The number of hydrogen-bond acceptors (Lipinski definition) is 4. The van der Waals surface area contributed by atoms with Gasteiger partial charge in [0.05, 0.1) is 5.02 Å². The molecule has 0 unspecified atom stereocenters. The van der Waals surface area contributed by atoms with E-state index in [1.807, 2.05) is 24.3 Å². The lowest BCUT2D eigenvalue weighted by Gasteiger charge is -2.08. The van der Waals surface area contributed by atoms with E-state index >= 15 is 0 Å². The van der Waals surface area contributed by atoms with Crippen LogP contribution in [0.4, 0.5) is 5.82 Å². The maximum Gasteiger partial charge on any atom is 0.163 e. The number of nitrogens with two attached hydrogens (primary N) is 1. The van der Waals surface area contributed by atoms with Crippen LogP contribution >= 0.6 is 27.5 Å². The SMILES string of the molecule is CCCc1cc(NN)nc(-c2ccc(Br)cc2Cl)n1. The number of nitrogens with one attached hydrogen (secondary N) is 1. The number of halogens is 2. The first-order valence-electron chi connectivity index (χ1n) is 5.94. The molecule has 0 amide bonds. The van der Waals surface area contributed by atoms with Gasteiger partial charge >= 0.3 is 0 Å². The first kappa shape index (κ1) is 14.2. The van der Waals surface area contributed by atoms with Gasteiger partial charge in [-0.1, -0.05) is 40.9 Å². The van der Waals surface area contributed by atoms with Crippen molar-refractivity contribution in [1.29, 1.82) is 0 Å². The van der Waals surface area contributed by atoms with Crippen LogP contribution < -0.4 is 11.3 Å². The second kappa shape index (κ2) is 6.32. The van der Waals surface area contributed by atoms with Crippen LogP contribution in [-0.2, 0) is 6.42 Å². The summed E-state index contributed by atoms with van der Waals surface area (Å²) in [4.78, 5) is 8.87. The molecule has 0 aliphatic carbocycles. The van der Waals surface area contributed by atoms with Gasteiger partial charge < -0.3 is 5.43 Å². The maximum atomic E-state index is 6.23. The molecular formula is C13H14BrClN4. The first-order valence-corrected chi connectivity index (χ1v) is 7.11. The number of hydrogen-bond donors (Lipinski definition) is 2. The molecule has 6 heteroatoms. The van der Waals surface area contributed by atoms with Crippen LogP contribution in [0.2, 0.25) is 5.02 Å². The van der Waals surface area contributed by atoms with E-state index in [4.69, 9.17) is 17.4 Å². The Morgan fingerprint density at radius 3 is 2.74 bits per heavy atom. The van der Waals surface area contributed by atoms with Crippen LogP contribution in [0.5, 0.6) is 0 Å². The second-order valence-electron chi connectivity index (χ2n) is 4.09. The fraction of sp³-hybridized carbons (Fsp3) is 0.231. The quantitative estimate of drug-likeness (QED) is 0.656. The van der Waals surface area contributed by atoms with Gasteiger partial charge in [-0.2, -0.15) is 0 Å². The molecule has 0 saturated carbocycles. The number of rotatable bonds is 4. The van der Waals surface area contributed by atoms with Crippen molar-refractivity contribution in [3.05, 3.63) is 39.5 Å². The molecule has 0 aliphatic heterocycles. The number of hydrazine groups is 1. The van der Waals surface area contributed by atoms with E-state index in [1.54, 1.807) is 0 Å². The second-order valence-corrected chi connectivity index (χ2v) is 5.41. The molecule has 19 heavy (non-hydrogen) atoms. The van der Waals surface area contributed by atoms with Crippen LogP contribution in [0.25, 0.3) is 11.4 Å². The van der Waals surface area contributed by atoms with Crippen molar-refractivity contribution in [3.8, 4) is 11.4 Å². The summed E-state index contributed by atoms with van der Waals surface area (Å²) in [5.74, 6) is 6.61. The fourth-order valence-corrected chi connectivity index (χ4v) is 2.50. The number of aromatic nitrogens is 2. The monoisotopic (exact) mass is 340 g/mol. The van der Waals surface area contributed by atoms with Gasteiger partial charge in [0.1, 0.15) is 5.82 Å². The molecule has 1 aromatic carbocycles. The third kappa shape index (κ3) is 3.43. The normalized spacial score (nSPS) is 10.5. The summed E-state index contributed by atoms with van der Waals surface area (Å²) in [6, 6.07) is 7.46. The van der Waals surface area contributed by atoms with Crippen LogP contribution in [-0.4, -0.2) is 9.97 Å². The molecule has 0 saturated heterocycles. The van der Waals surface area contributed by atoms with E-state index in [0.29, 0.717) is 16.7 Å². The molecule has 100 valence electrons. The van der Waals surface area contributed by atoms with E-state index < -0.39 is 0 Å². The van der Waals surface area contributed by atoms with Gasteiger partial charge in [-0.25, -0.2) is 15.8 Å². The molecule has 1 aromatic heterocycles. The zero-order valence-corrected chi connectivity index (χ0v) is 12.8. The summed E-state index contributed by atoms with van der Waals surface area (Å²) in [5.41, 5.74) is 4.30. The molecule has 2 rings (SSSR count). The summed E-state index contributed by atoms with van der Waals surface area (Å²) < 4.78 is 0.920. The molecule has 2 aromatic rings. The Morgan fingerprint density at radius 2 is 2.11 bits per heavy atom. The van der Waals surface area contributed by atoms with Gasteiger partial charge in [-0.05, 0) is 24.6 Å². The standard InChI is InChI=1S/C13H14BrClN4/c1-2-3-9-7-12(19-16)18-13(17-9)10-5-4-8(14)6-11(10)15/h4-7H,2-3,16H2,1H3,(H,17,18,19). The number of nitrogen functional groups attached to an aromatic ring is 1. The Labute approximate surface area is 125 Å². The number of anilines is 1. The molecule has 0 spiro atoms. The van der Waals surface area contributed by atoms with Gasteiger partial charge in [0, 0.05) is 21.8 Å². The Balaban J connectivity index is 2.51. The van der Waals surface area contributed by atoms with Crippen molar-refractivity contribution in [2.45, 2.75) is 19.8 Å². The number of aryl methyl sites for hydroxylation is 1. The van der Waals surface area contributed by atoms with Gasteiger partial charge in [0.25, 0.3) is 0 Å². The lowest BCUT2D eigenvalue weighted by Crippen LogP contribution is -2.10. The molecule has 3 N–H and O–H groups in total. The van der Waals surface area contributed by atoms with Crippen molar-refractivity contribution in [1.82, 2.24) is 9.97 Å². The van der Waals surface area contributed by atoms with Crippen LogP contribution in [0.1, 0.15) is 19.0 Å². The third-order valence-electron chi connectivity index (χ3n) is 2.61. The van der Waals surface area contributed by atoms with Gasteiger partial charge in [-0.3, -0.25) is 0 Å². The Kier molecular flexibility index (Phi) is 4.74. The van der Waals surface area contributed by atoms with E-state index in [-0.39, 0.29) is 0 Å². The zero-order chi connectivity index (χ0) is 13.8. The summed E-state index contributed by atoms with van der Waals surface area (Å²) in [7, 11) is 0. The highest BCUT2D eigenvalue weighted by Gasteiger charge is 2.10. The lowest BCUT2D eigenvalue weighted by molar-refractivity contribution is 0.875. The summed E-state index contributed by atoms with van der Waals surface area (Å²) in [6.45, 7) is 2.10. The minimum absolute atomic E-state index is 0.580. The predicted octanol–water partition coefficient (Wildman–Crippen LogP) is 3.80. The van der Waals surface area contributed by atoms with Crippen molar-refractivity contribution < 1.29 is 0 Å². The average Bonchev–Trinajstić information content (AvgIpc) is 2.38. The smallest absolute Gasteiger partial charge is 0.163 e. The maximum absolute atomic E-state index is 6.23. The average molecular weight is 342 g/mol. The number of nitrogens with zero attached hydrogens (tertiary/aromatic N) is 2. The summed E-state index contributed by atoms with van der Waals surface area (Å²) in [5, 5.41) is 0.603. The third-order valence-corrected chi connectivity index (χ3v) is 3.41. The molecule has 0 bridgehead atoms. The minimum atomic E-state index is 0.580.